The second-order valence-corrected chi connectivity index (χ2v) is 11.2. The van der Waals surface area contributed by atoms with Gasteiger partial charge >= 0.3 is 0 Å². The van der Waals surface area contributed by atoms with E-state index in [4.69, 9.17) is 0 Å². The van der Waals surface area contributed by atoms with Crippen LogP contribution in [0.3, 0.4) is 0 Å². The van der Waals surface area contributed by atoms with Gasteiger partial charge in [0.15, 0.2) is 11.6 Å². The minimum absolute atomic E-state index is 0.136. The Kier molecular flexibility index (Phi) is 4.68. The highest BCUT2D eigenvalue weighted by molar-refractivity contribution is 7.12. The first-order valence-electron chi connectivity index (χ1n) is 11.7. The quantitative estimate of drug-likeness (QED) is 0.354. The van der Waals surface area contributed by atoms with E-state index in [1.807, 2.05) is 88.6 Å². The Hall–Kier alpha value is -3.81. The Balaban J connectivity index is 1.56. The Morgan fingerprint density at radius 2 is 1.53 bits per heavy atom. The number of rotatable bonds is 4. The molecule has 176 valence electrons. The molecule has 0 unspecified atom stereocenters. The normalized spacial score (nSPS) is 25.4. The smallest absolute Gasteiger partial charge is 0.238 e. The van der Waals surface area contributed by atoms with Crippen LogP contribution >= 0.6 is 22.7 Å². The largest absolute Gasteiger partial charge is 0.358 e. The predicted octanol–water partition coefficient (Wildman–Crippen LogP) is 5.79. The fraction of sp³-hybridized carbons (Fsp3) is 0.138. The van der Waals surface area contributed by atoms with Gasteiger partial charge in [0.2, 0.25) is 5.91 Å². The zero-order valence-corrected chi connectivity index (χ0v) is 20.6. The molecule has 1 amide bonds. The van der Waals surface area contributed by atoms with Gasteiger partial charge in [-0.1, -0.05) is 54.6 Å². The molecule has 0 aliphatic carbocycles. The van der Waals surface area contributed by atoms with Crippen LogP contribution in [-0.4, -0.2) is 28.4 Å². The molecule has 1 spiro atoms. The summed E-state index contributed by atoms with van der Waals surface area (Å²) in [7, 11) is 0. The monoisotopic (exact) mass is 508 g/mol. The number of thiophene rings is 2. The number of hydrogen-bond acceptors (Lipinski definition) is 6. The van der Waals surface area contributed by atoms with E-state index in [0.29, 0.717) is 15.4 Å². The third-order valence-electron chi connectivity index (χ3n) is 7.65. The molecule has 7 heteroatoms. The second kappa shape index (κ2) is 7.85. The average molecular weight is 509 g/mol. The van der Waals surface area contributed by atoms with Crippen LogP contribution in [0.1, 0.15) is 42.1 Å². The van der Waals surface area contributed by atoms with Crippen LogP contribution in [0.15, 0.2) is 89.8 Å². The molecule has 0 saturated carbocycles. The van der Waals surface area contributed by atoms with E-state index in [1.165, 1.54) is 22.7 Å². The maximum Gasteiger partial charge on any atom is 0.238 e. The van der Waals surface area contributed by atoms with E-state index >= 15 is 0 Å². The summed E-state index contributed by atoms with van der Waals surface area (Å²) in [6.07, 6.45) is 3.88. The van der Waals surface area contributed by atoms with Crippen molar-refractivity contribution >= 4 is 51.9 Å². The molecule has 4 aromatic rings. The van der Waals surface area contributed by atoms with Crippen LogP contribution in [0.2, 0.25) is 0 Å². The molecule has 3 aliphatic heterocycles. The number of nitrogens with zero attached hydrogens (tertiary/aromatic N) is 1. The fourth-order valence-electron chi connectivity index (χ4n) is 6.30. The van der Waals surface area contributed by atoms with Gasteiger partial charge in [0.05, 0.1) is 21.7 Å². The lowest BCUT2D eigenvalue weighted by molar-refractivity contribution is -0.122. The number of hydrogen-bond donors (Lipinski definition) is 1. The van der Waals surface area contributed by atoms with Crippen LogP contribution in [0.25, 0.3) is 6.08 Å². The lowest BCUT2D eigenvalue weighted by atomic mass is 9.63. The molecule has 36 heavy (non-hydrogen) atoms. The summed E-state index contributed by atoms with van der Waals surface area (Å²) < 4.78 is 0. The fourth-order valence-corrected chi connectivity index (χ4v) is 7.71. The summed E-state index contributed by atoms with van der Waals surface area (Å²) in [5, 5.41) is 6.79. The molecule has 5 nitrogen and oxygen atoms in total. The van der Waals surface area contributed by atoms with Crippen molar-refractivity contribution in [2.75, 3.05) is 5.32 Å². The summed E-state index contributed by atoms with van der Waals surface area (Å²) in [4.78, 5) is 45.9. The van der Waals surface area contributed by atoms with Crippen LogP contribution < -0.4 is 5.32 Å². The third kappa shape index (κ3) is 2.72. The van der Waals surface area contributed by atoms with E-state index in [2.05, 4.69) is 5.32 Å². The topological polar surface area (TPSA) is 66.5 Å². The Bertz CT molecular complexity index is 1560. The van der Waals surface area contributed by atoms with E-state index in [0.717, 1.165) is 16.7 Å². The van der Waals surface area contributed by atoms with Gasteiger partial charge in [0, 0.05) is 11.9 Å². The summed E-state index contributed by atoms with van der Waals surface area (Å²) in [6.45, 7) is 0. The van der Waals surface area contributed by atoms with Crippen molar-refractivity contribution in [3.8, 4) is 0 Å². The van der Waals surface area contributed by atoms with Crippen molar-refractivity contribution in [3.05, 3.63) is 116 Å². The highest BCUT2D eigenvalue weighted by Crippen LogP contribution is 2.62. The molecule has 5 heterocycles. The first kappa shape index (κ1) is 21.5. The summed E-state index contributed by atoms with van der Waals surface area (Å²) >= 11 is 2.71. The van der Waals surface area contributed by atoms with Gasteiger partial charge < -0.3 is 10.2 Å². The Morgan fingerprint density at radius 3 is 2.28 bits per heavy atom. The minimum Gasteiger partial charge on any atom is -0.358 e. The molecule has 4 atom stereocenters. The average Bonchev–Trinajstić information content (AvgIpc) is 3.70. The van der Waals surface area contributed by atoms with Gasteiger partial charge in [-0.3, -0.25) is 14.4 Å². The molecule has 1 saturated heterocycles. The van der Waals surface area contributed by atoms with Crippen molar-refractivity contribution in [1.29, 1.82) is 0 Å². The molecular formula is C29H20N2O3S2. The van der Waals surface area contributed by atoms with Crippen LogP contribution in [0.5, 0.6) is 0 Å². The Morgan fingerprint density at radius 1 is 0.833 bits per heavy atom. The van der Waals surface area contributed by atoms with Gasteiger partial charge in [0.25, 0.3) is 0 Å². The van der Waals surface area contributed by atoms with E-state index in [9.17, 15) is 14.4 Å². The number of ketones is 2. The van der Waals surface area contributed by atoms with Crippen LogP contribution in [0.4, 0.5) is 5.69 Å². The standard InChI is InChI=1S/C29H20N2O3S2/c32-25(21-11-5-15-35-21)23-24(26(33)22-12-6-16-36-22)31-14-13-17-7-1-2-8-18(17)27(31)29(23)19-9-3-4-10-20(19)30-28(29)34/h1-16,23-24,27H,(H,30,34)/t23-,24-,27+,29+/m0/s1. The number of amides is 1. The maximum absolute atomic E-state index is 14.4. The number of carbonyl (C=O) groups is 3. The lowest BCUT2D eigenvalue weighted by Crippen LogP contribution is -2.49. The van der Waals surface area contributed by atoms with Gasteiger partial charge in [-0.15, -0.1) is 22.7 Å². The van der Waals surface area contributed by atoms with Crippen molar-refractivity contribution in [2.45, 2.75) is 17.5 Å². The zero-order valence-electron chi connectivity index (χ0n) is 19.0. The molecular weight excluding hydrogens is 488 g/mol. The summed E-state index contributed by atoms with van der Waals surface area (Å²) in [5.41, 5.74) is 2.13. The molecule has 2 aromatic heterocycles. The van der Waals surface area contributed by atoms with Gasteiger partial charge in [0.1, 0.15) is 11.5 Å². The van der Waals surface area contributed by atoms with E-state index < -0.39 is 23.4 Å². The lowest BCUT2D eigenvalue weighted by Gasteiger charge is -2.38. The third-order valence-corrected chi connectivity index (χ3v) is 9.42. The molecule has 2 aromatic carbocycles. The van der Waals surface area contributed by atoms with Gasteiger partial charge in [-0.25, -0.2) is 0 Å². The molecule has 1 N–H and O–H groups in total. The first-order valence-corrected chi connectivity index (χ1v) is 13.5. The number of Topliss-reactive ketones (excluding diaryl/α,β-unsaturated/α-hetero) is 2. The van der Waals surface area contributed by atoms with Crippen LogP contribution in [0, 0.1) is 5.92 Å². The van der Waals surface area contributed by atoms with Crippen molar-refractivity contribution < 1.29 is 14.4 Å². The minimum atomic E-state index is -1.27. The number of para-hydroxylation sites is 1. The predicted molar refractivity (Wildman–Crippen MR) is 141 cm³/mol. The number of benzene rings is 2. The number of fused-ring (bicyclic) bond motifs is 6. The Labute approximate surface area is 215 Å². The van der Waals surface area contributed by atoms with E-state index in [1.54, 1.807) is 12.1 Å². The summed E-state index contributed by atoms with van der Waals surface area (Å²) in [5.74, 6) is -1.45. The van der Waals surface area contributed by atoms with Crippen molar-refractivity contribution in [3.63, 3.8) is 0 Å². The first-order chi connectivity index (χ1) is 17.6. The SMILES string of the molecule is O=C(c1cccs1)[C@@H]1[C@@H](C(=O)c2cccs2)[C@@]2(C(=O)Nc3ccccc32)[C@H]2c3ccccc3C=CN12. The van der Waals surface area contributed by atoms with Crippen molar-refractivity contribution in [2.24, 2.45) is 5.92 Å². The molecule has 3 aliphatic rings. The van der Waals surface area contributed by atoms with Gasteiger partial charge in [-0.05, 0) is 51.7 Å². The highest BCUT2D eigenvalue weighted by Gasteiger charge is 2.70. The van der Waals surface area contributed by atoms with Crippen molar-refractivity contribution in [1.82, 2.24) is 4.90 Å². The molecule has 0 bridgehead atoms. The van der Waals surface area contributed by atoms with Crippen LogP contribution in [-0.2, 0) is 10.2 Å². The number of anilines is 1. The number of carbonyl (C=O) groups excluding carboxylic acids is 3. The zero-order chi connectivity index (χ0) is 24.4. The molecule has 0 radical (unpaired) electrons. The number of nitrogens with one attached hydrogen (secondary N) is 1. The second-order valence-electron chi connectivity index (χ2n) is 9.27. The maximum atomic E-state index is 14.4. The molecule has 1 fully saturated rings. The van der Waals surface area contributed by atoms with E-state index in [-0.39, 0.29) is 17.5 Å². The highest BCUT2D eigenvalue weighted by atomic mass is 32.1. The summed E-state index contributed by atoms with van der Waals surface area (Å²) in [6, 6.07) is 21.4. The molecule has 7 rings (SSSR count). The van der Waals surface area contributed by atoms with Gasteiger partial charge in [-0.2, -0.15) is 0 Å².